The number of hydrogen-bond acceptors (Lipinski definition) is 5. The Kier molecular flexibility index (Phi) is 4.49. The lowest BCUT2D eigenvalue weighted by Crippen LogP contribution is -2.29. The molecule has 2 fully saturated rings. The topological polar surface area (TPSA) is 45.4 Å². The molecule has 0 bridgehead atoms. The molecular formula is C23H26N4O. The van der Waals surface area contributed by atoms with Crippen molar-refractivity contribution in [3.05, 3.63) is 71.7 Å². The van der Waals surface area contributed by atoms with Gasteiger partial charge in [-0.05, 0) is 49.1 Å². The average molecular weight is 374 g/mol. The van der Waals surface area contributed by atoms with Gasteiger partial charge in [-0.3, -0.25) is 14.8 Å². The van der Waals surface area contributed by atoms with E-state index in [0.29, 0.717) is 12.0 Å². The molecule has 2 aliphatic rings. The Bertz CT molecular complexity index is 954. The quantitative estimate of drug-likeness (QED) is 0.695. The van der Waals surface area contributed by atoms with Crippen molar-refractivity contribution in [2.75, 3.05) is 26.7 Å². The predicted molar refractivity (Wildman–Crippen MR) is 109 cm³/mol. The minimum Gasteiger partial charge on any atom is -0.359 e. The van der Waals surface area contributed by atoms with Crippen LogP contribution in [0.2, 0.25) is 0 Å². The van der Waals surface area contributed by atoms with Crippen molar-refractivity contribution in [1.29, 1.82) is 0 Å². The average Bonchev–Trinajstić information content (AvgIpc) is 3.38. The van der Waals surface area contributed by atoms with E-state index < -0.39 is 0 Å². The first-order valence-corrected chi connectivity index (χ1v) is 10.0. The van der Waals surface area contributed by atoms with Crippen LogP contribution >= 0.6 is 0 Å². The minimum absolute atomic E-state index is 0.511. The molecule has 0 radical (unpaired) electrons. The molecule has 2 aliphatic heterocycles. The highest BCUT2D eigenvalue weighted by molar-refractivity contribution is 5.57. The van der Waals surface area contributed by atoms with Crippen LogP contribution < -0.4 is 0 Å². The molecule has 0 saturated carbocycles. The fraction of sp³-hybridized carbons (Fsp3) is 0.391. The fourth-order valence-corrected chi connectivity index (χ4v) is 5.12. The molecule has 3 aromatic rings. The van der Waals surface area contributed by atoms with Gasteiger partial charge in [0.2, 0.25) is 0 Å². The Morgan fingerprint density at radius 1 is 1.11 bits per heavy atom. The van der Waals surface area contributed by atoms with Crippen molar-refractivity contribution in [3.8, 4) is 11.3 Å². The summed E-state index contributed by atoms with van der Waals surface area (Å²) in [5.41, 5.74) is 4.74. The summed E-state index contributed by atoms with van der Waals surface area (Å²) in [6, 6.07) is 15.3. The van der Waals surface area contributed by atoms with E-state index in [2.05, 4.69) is 64.2 Å². The Balaban J connectivity index is 1.30. The van der Waals surface area contributed by atoms with Gasteiger partial charge in [0.05, 0.1) is 6.54 Å². The highest BCUT2D eigenvalue weighted by Gasteiger charge is 2.46. The van der Waals surface area contributed by atoms with Crippen molar-refractivity contribution in [3.63, 3.8) is 0 Å². The van der Waals surface area contributed by atoms with Crippen molar-refractivity contribution >= 4 is 0 Å². The molecule has 2 saturated heterocycles. The second-order valence-electron chi connectivity index (χ2n) is 8.28. The standard InChI is InChI=1S/C23H26N4O/c1-16-6-3-4-8-20(16)23-21-15-27(13-18(21)12-26(23)2)14-19-10-22(25-28-19)17-7-5-9-24-11-17/h3-11,18,21,23H,12-15H2,1-2H3/t18-,21+,23+/m0/s1. The van der Waals surface area contributed by atoms with E-state index in [-0.39, 0.29) is 0 Å². The van der Waals surface area contributed by atoms with E-state index in [0.717, 1.165) is 49.1 Å². The normalized spacial score (nSPS) is 25.3. The third kappa shape index (κ3) is 3.15. The SMILES string of the molecule is Cc1ccccc1[C@@H]1[C@@H]2CN(Cc3cc(-c4cccnc4)no3)C[C@@H]2CN1C. The van der Waals surface area contributed by atoms with Crippen molar-refractivity contribution in [2.45, 2.75) is 19.5 Å². The zero-order valence-electron chi connectivity index (χ0n) is 16.5. The Labute approximate surface area is 166 Å². The minimum atomic E-state index is 0.511. The maximum absolute atomic E-state index is 5.62. The largest absolute Gasteiger partial charge is 0.359 e. The lowest BCUT2D eigenvalue weighted by molar-refractivity contribution is 0.210. The van der Waals surface area contributed by atoms with Gasteiger partial charge in [0.15, 0.2) is 5.76 Å². The van der Waals surface area contributed by atoms with Gasteiger partial charge >= 0.3 is 0 Å². The van der Waals surface area contributed by atoms with Gasteiger partial charge in [0.1, 0.15) is 5.69 Å². The Morgan fingerprint density at radius 3 is 2.82 bits per heavy atom. The highest BCUT2D eigenvalue weighted by atomic mass is 16.5. The number of pyridine rings is 1. The first kappa shape index (κ1) is 17.6. The van der Waals surface area contributed by atoms with E-state index in [9.17, 15) is 0 Å². The van der Waals surface area contributed by atoms with E-state index in [1.165, 1.54) is 11.1 Å². The lowest BCUT2D eigenvalue weighted by atomic mass is 9.88. The summed E-state index contributed by atoms with van der Waals surface area (Å²) < 4.78 is 5.62. The van der Waals surface area contributed by atoms with Crippen LogP contribution in [0.25, 0.3) is 11.3 Å². The van der Waals surface area contributed by atoms with Crippen LogP contribution in [0.5, 0.6) is 0 Å². The number of benzene rings is 1. The zero-order valence-corrected chi connectivity index (χ0v) is 16.5. The number of fused-ring (bicyclic) bond motifs is 1. The number of hydrogen-bond donors (Lipinski definition) is 0. The molecule has 5 rings (SSSR count). The van der Waals surface area contributed by atoms with Gasteiger partial charge in [-0.15, -0.1) is 0 Å². The smallest absolute Gasteiger partial charge is 0.151 e. The number of nitrogens with zero attached hydrogens (tertiary/aromatic N) is 4. The Morgan fingerprint density at radius 2 is 2.00 bits per heavy atom. The van der Waals surface area contributed by atoms with E-state index in [4.69, 9.17) is 4.52 Å². The monoisotopic (exact) mass is 374 g/mol. The van der Waals surface area contributed by atoms with Gasteiger partial charge in [0, 0.05) is 49.7 Å². The van der Waals surface area contributed by atoms with Crippen LogP contribution in [-0.4, -0.2) is 46.6 Å². The molecule has 28 heavy (non-hydrogen) atoms. The van der Waals surface area contributed by atoms with Crippen LogP contribution in [0.1, 0.15) is 22.9 Å². The summed E-state index contributed by atoms with van der Waals surface area (Å²) in [5, 5.41) is 4.24. The second-order valence-corrected chi connectivity index (χ2v) is 8.28. The second kappa shape index (κ2) is 7.15. The van der Waals surface area contributed by atoms with Crippen molar-refractivity contribution < 1.29 is 4.52 Å². The van der Waals surface area contributed by atoms with Crippen LogP contribution in [0.4, 0.5) is 0 Å². The molecule has 1 aromatic carbocycles. The fourth-order valence-electron chi connectivity index (χ4n) is 5.12. The molecule has 0 aliphatic carbocycles. The first-order valence-electron chi connectivity index (χ1n) is 10.0. The van der Waals surface area contributed by atoms with Gasteiger partial charge in [0.25, 0.3) is 0 Å². The number of rotatable bonds is 4. The molecule has 2 aromatic heterocycles. The van der Waals surface area contributed by atoms with Crippen LogP contribution in [0.15, 0.2) is 59.4 Å². The number of aryl methyl sites for hydroxylation is 1. The molecule has 3 atom stereocenters. The van der Waals surface area contributed by atoms with Gasteiger partial charge < -0.3 is 4.52 Å². The first-order chi connectivity index (χ1) is 13.7. The van der Waals surface area contributed by atoms with Gasteiger partial charge in [-0.2, -0.15) is 0 Å². The summed E-state index contributed by atoms with van der Waals surface area (Å²) >= 11 is 0. The van der Waals surface area contributed by atoms with E-state index in [1.54, 1.807) is 6.20 Å². The summed E-state index contributed by atoms with van der Waals surface area (Å²) in [7, 11) is 2.27. The molecule has 0 unspecified atom stereocenters. The maximum Gasteiger partial charge on any atom is 0.151 e. The molecule has 0 amide bonds. The van der Waals surface area contributed by atoms with Crippen LogP contribution in [-0.2, 0) is 6.54 Å². The van der Waals surface area contributed by atoms with Crippen LogP contribution in [0, 0.1) is 18.8 Å². The zero-order chi connectivity index (χ0) is 19.1. The summed E-state index contributed by atoms with van der Waals surface area (Å²) in [4.78, 5) is 9.24. The molecule has 5 heteroatoms. The van der Waals surface area contributed by atoms with Gasteiger partial charge in [-0.1, -0.05) is 29.4 Å². The third-order valence-corrected chi connectivity index (χ3v) is 6.37. The molecule has 144 valence electrons. The summed E-state index contributed by atoms with van der Waals surface area (Å²) in [6.45, 7) is 6.46. The molecule has 4 heterocycles. The summed E-state index contributed by atoms with van der Waals surface area (Å²) in [5.74, 6) is 2.32. The Hall–Kier alpha value is -2.50. The van der Waals surface area contributed by atoms with Crippen molar-refractivity contribution in [2.24, 2.45) is 11.8 Å². The molecule has 0 spiro atoms. The number of aromatic nitrogens is 2. The number of likely N-dealkylation sites (tertiary alicyclic amines) is 2. The van der Waals surface area contributed by atoms with Crippen molar-refractivity contribution in [1.82, 2.24) is 19.9 Å². The van der Waals surface area contributed by atoms with E-state index in [1.807, 2.05) is 18.3 Å². The van der Waals surface area contributed by atoms with E-state index >= 15 is 0 Å². The maximum atomic E-state index is 5.62. The predicted octanol–water partition coefficient (Wildman–Crippen LogP) is 3.78. The van der Waals surface area contributed by atoms with Crippen LogP contribution in [0.3, 0.4) is 0 Å². The lowest BCUT2D eigenvalue weighted by Gasteiger charge is -2.27. The summed E-state index contributed by atoms with van der Waals surface area (Å²) in [6.07, 6.45) is 3.60. The molecule has 5 nitrogen and oxygen atoms in total. The molecule has 0 N–H and O–H groups in total. The third-order valence-electron chi connectivity index (χ3n) is 6.37. The van der Waals surface area contributed by atoms with Gasteiger partial charge in [-0.25, -0.2) is 0 Å². The highest BCUT2D eigenvalue weighted by Crippen LogP contribution is 2.45. The molecular weight excluding hydrogens is 348 g/mol.